The Labute approximate surface area is 134 Å². The fourth-order valence-electron chi connectivity index (χ4n) is 1.40. The van der Waals surface area contributed by atoms with Crippen LogP contribution in [0.15, 0.2) is 30.3 Å². The van der Waals surface area contributed by atoms with Crippen LogP contribution in [-0.2, 0) is 9.38 Å². The minimum Gasteiger partial charge on any atom is -0.459 e. The van der Waals surface area contributed by atoms with Gasteiger partial charge in [-0.1, -0.05) is 41.4 Å². The molecule has 0 spiro atoms. The third-order valence-electron chi connectivity index (χ3n) is 2.50. The molecule has 1 aromatic carbocycles. The Kier molecular flexibility index (Phi) is 4.97. The third kappa shape index (κ3) is 4.26. The monoisotopic (exact) mass is 349 g/mol. The smallest absolute Gasteiger partial charge is 0.318 e. The average Bonchev–Trinajstić information content (AvgIpc) is 2.94. The number of para-hydroxylation sites is 1. The lowest BCUT2D eigenvalue weighted by Crippen LogP contribution is -2.31. The Morgan fingerprint density at radius 3 is 2.67 bits per heavy atom. The first-order valence-electron chi connectivity index (χ1n) is 5.73. The van der Waals surface area contributed by atoms with Gasteiger partial charge in [-0.15, -0.1) is 0 Å². The summed E-state index contributed by atoms with van der Waals surface area (Å²) in [6.45, 7) is -0.260. The highest BCUT2D eigenvalue weighted by Crippen LogP contribution is 2.35. The topological polar surface area (TPSA) is 55.3 Å². The summed E-state index contributed by atoms with van der Waals surface area (Å²) in [6, 6.07) is 9.07. The van der Waals surface area contributed by atoms with Crippen molar-refractivity contribution in [2.24, 2.45) is 0 Å². The van der Waals surface area contributed by atoms with Crippen LogP contribution in [0, 0.1) is 0 Å². The van der Waals surface area contributed by atoms with Crippen LogP contribution in [0.25, 0.3) is 0 Å². The summed E-state index contributed by atoms with van der Waals surface area (Å²) >= 11 is 11.2. The van der Waals surface area contributed by atoms with Gasteiger partial charge in [0.2, 0.25) is 5.82 Å². The highest BCUT2D eigenvalue weighted by atomic mass is 35.5. The van der Waals surface area contributed by atoms with Gasteiger partial charge < -0.3 is 9.64 Å². The number of nitrogens with zero attached hydrogens (tertiary/aromatic N) is 3. The van der Waals surface area contributed by atoms with Crippen molar-refractivity contribution >= 4 is 46.3 Å². The van der Waals surface area contributed by atoms with Crippen molar-refractivity contribution in [3.8, 4) is 5.19 Å². The number of likely N-dealkylation sites (N-methyl/N-ethyl adjacent to an activating group) is 1. The van der Waals surface area contributed by atoms with Crippen molar-refractivity contribution in [1.29, 1.82) is 0 Å². The van der Waals surface area contributed by atoms with E-state index in [4.69, 9.17) is 27.9 Å². The van der Waals surface area contributed by atoms with Gasteiger partial charge in [-0.05, 0) is 12.1 Å². The minimum atomic E-state index is -2.68. The van der Waals surface area contributed by atoms with Gasteiger partial charge in [0, 0.05) is 24.3 Å². The number of alkyl halides is 3. The first kappa shape index (κ1) is 15.9. The molecule has 0 aliphatic carbocycles. The minimum absolute atomic E-state index is 0.0168. The summed E-state index contributed by atoms with van der Waals surface area (Å²) in [5.41, 5.74) is 0.730. The fourth-order valence-corrected chi connectivity index (χ4v) is 2.24. The number of ether oxygens (including phenoxy) is 1. The van der Waals surface area contributed by atoms with E-state index in [9.17, 15) is 9.18 Å². The van der Waals surface area contributed by atoms with Crippen molar-refractivity contribution in [1.82, 2.24) is 9.36 Å². The molecule has 0 fully saturated rings. The second kappa shape index (κ2) is 6.55. The molecule has 112 valence electrons. The average molecular weight is 350 g/mol. The van der Waals surface area contributed by atoms with Crippen LogP contribution in [0.3, 0.4) is 0 Å². The molecule has 2 aromatic rings. The van der Waals surface area contributed by atoms with Crippen LogP contribution in [-0.4, -0.2) is 28.9 Å². The van der Waals surface area contributed by atoms with Crippen molar-refractivity contribution in [3.63, 3.8) is 0 Å². The number of anilines is 1. The Bertz CT molecular complexity index is 618. The number of halogens is 3. The second-order valence-corrected chi connectivity index (χ2v) is 5.91. The van der Waals surface area contributed by atoms with E-state index in [1.807, 2.05) is 18.2 Å². The molecule has 0 unspecified atom stereocenters. The second-order valence-electron chi connectivity index (χ2n) is 3.96. The molecule has 9 heteroatoms. The SMILES string of the molecule is CN(C(=O)COc1nc(C(F)(Cl)Cl)ns1)c1ccccc1. The van der Waals surface area contributed by atoms with E-state index in [-0.39, 0.29) is 17.7 Å². The van der Waals surface area contributed by atoms with Gasteiger partial charge in [0.15, 0.2) is 6.61 Å². The van der Waals surface area contributed by atoms with Gasteiger partial charge in [-0.25, -0.2) is 0 Å². The normalized spacial score (nSPS) is 11.2. The number of amides is 1. The molecule has 1 aromatic heterocycles. The fraction of sp³-hybridized carbons (Fsp3) is 0.250. The number of aromatic nitrogens is 2. The molecule has 0 aliphatic rings. The zero-order valence-corrected chi connectivity index (χ0v) is 13.1. The van der Waals surface area contributed by atoms with Gasteiger partial charge in [0.25, 0.3) is 11.1 Å². The van der Waals surface area contributed by atoms with Crippen LogP contribution in [0.5, 0.6) is 5.19 Å². The summed E-state index contributed by atoms with van der Waals surface area (Å²) in [7, 11) is 1.62. The number of hydrogen-bond acceptors (Lipinski definition) is 5. The molecule has 21 heavy (non-hydrogen) atoms. The standard InChI is InChI=1S/C12H10Cl2FN3O2S/c1-18(8-5-3-2-4-6-8)9(19)7-20-11-16-10(17-21-11)12(13,14)15/h2-6H,7H2,1H3. The maximum Gasteiger partial charge on any atom is 0.318 e. The number of hydrogen-bond donors (Lipinski definition) is 0. The molecule has 5 nitrogen and oxygen atoms in total. The number of carbonyl (C=O) groups excluding carboxylic acids is 1. The van der Waals surface area contributed by atoms with E-state index >= 15 is 0 Å². The number of benzene rings is 1. The Balaban J connectivity index is 1.94. The highest BCUT2D eigenvalue weighted by molar-refractivity contribution is 7.07. The quantitative estimate of drug-likeness (QED) is 0.778. The van der Waals surface area contributed by atoms with E-state index in [1.165, 1.54) is 4.90 Å². The molecule has 0 saturated carbocycles. The van der Waals surface area contributed by atoms with Gasteiger partial charge in [-0.2, -0.15) is 13.7 Å². The predicted molar refractivity (Wildman–Crippen MR) is 79.7 cm³/mol. The molecule has 2 rings (SSSR count). The maximum absolute atomic E-state index is 13.2. The summed E-state index contributed by atoms with van der Waals surface area (Å²) in [5, 5.41) is 0.0168. The zero-order valence-electron chi connectivity index (χ0n) is 10.8. The molecule has 0 atom stereocenters. The molecule has 0 N–H and O–H groups in total. The van der Waals surface area contributed by atoms with Gasteiger partial charge in [-0.3, -0.25) is 4.79 Å². The molecule has 1 heterocycles. The van der Waals surface area contributed by atoms with Crippen molar-refractivity contribution in [3.05, 3.63) is 36.2 Å². The van der Waals surface area contributed by atoms with Crippen LogP contribution in [0.1, 0.15) is 5.82 Å². The van der Waals surface area contributed by atoms with Gasteiger partial charge in [0.05, 0.1) is 0 Å². The number of carbonyl (C=O) groups is 1. The summed E-state index contributed by atoms with van der Waals surface area (Å²) in [4.78, 5) is 17.0. The van der Waals surface area contributed by atoms with Crippen molar-refractivity contribution in [2.75, 3.05) is 18.6 Å². The van der Waals surface area contributed by atoms with E-state index in [1.54, 1.807) is 19.2 Å². The molecule has 0 radical (unpaired) electrons. The van der Waals surface area contributed by atoms with Gasteiger partial charge >= 0.3 is 4.59 Å². The lowest BCUT2D eigenvalue weighted by Gasteiger charge is -2.16. The Morgan fingerprint density at radius 1 is 1.43 bits per heavy atom. The van der Waals surface area contributed by atoms with Gasteiger partial charge in [0.1, 0.15) is 0 Å². The van der Waals surface area contributed by atoms with E-state index < -0.39 is 10.4 Å². The van der Waals surface area contributed by atoms with Crippen LogP contribution in [0.2, 0.25) is 0 Å². The molecule has 0 bridgehead atoms. The lowest BCUT2D eigenvalue weighted by atomic mass is 10.3. The molecular weight excluding hydrogens is 340 g/mol. The highest BCUT2D eigenvalue weighted by Gasteiger charge is 2.31. The van der Waals surface area contributed by atoms with E-state index in [0.29, 0.717) is 0 Å². The van der Waals surface area contributed by atoms with Crippen LogP contribution >= 0.6 is 34.7 Å². The predicted octanol–water partition coefficient (Wildman–Crippen LogP) is 3.14. The number of rotatable bonds is 5. The lowest BCUT2D eigenvalue weighted by molar-refractivity contribution is -0.120. The molecule has 0 aliphatic heterocycles. The largest absolute Gasteiger partial charge is 0.459 e. The van der Waals surface area contributed by atoms with Crippen molar-refractivity contribution < 1.29 is 13.9 Å². The first-order chi connectivity index (χ1) is 9.88. The van der Waals surface area contributed by atoms with E-state index in [2.05, 4.69) is 9.36 Å². The Hall–Kier alpha value is -1.44. The van der Waals surface area contributed by atoms with E-state index in [0.717, 1.165) is 17.2 Å². The Morgan fingerprint density at radius 2 is 2.10 bits per heavy atom. The van der Waals surface area contributed by atoms with Crippen molar-refractivity contribution in [2.45, 2.75) is 4.59 Å². The summed E-state index contributed by atoms with van der Waals surface area (Å²) < 4.78 is 19.3. The maximum atomic E-state index is 13.2. The molecule has 1 amide bonds. The molecular formula is C12H10Cl2FN3O2S. The summed E-state index contributed by atoms with van der Waals surface area (Å²) in [6.07, 6.45) is 0. The zero-order chi connectivity index (χ0) is 15.5. The van der Waals surface area contributed by atoms with Crippen LogP contribution < -0.4 is 9.64 Å². The first-order valence-corrected chi connectivity index (χ1v) is 7.26. The van der Waals surface area contributed by atoms with Crippen LogP contribution in [0.4, 0.5) is 10.1 Å². The molecule has 0 saturated heterocycles. The third-order valence-corrected chi connectivity index (χ3v) is 3.47. The summed E-state index contributed by atoms with van der Waals surface area (Å²) in [5.74, 6) is -0.698.